The van der Waals surface area contributed by atoms with Gasteiger partial charge < -0.3 is 0 Å². The van der Waals surface area contributed by atoms with Crippen molar-refractivity contribution in [1.82, 2.24) is 19.9 Å². The van der Waals surface area contributed by atoms with E-state index < -0.39 is 0 Å². The molecule has 0 spiro atoms. The number of hydrogen-bond donors (Lipinski definition) is 0. The van der Waals surface area contributed by atoms with Crippen molar-refractivity contribution < 1.29 is 0 Å². The molecule has 0 N–H and O–H groups in total. The summed E-state index contributed by atoms with van der Waals surface area (Å²) in [6.07, 6.45) is 13.9. The Morgan fingerprint density at radius 2 is 1.15 bits per heavy atom. The molecule has 1 fully saturated rings. The molecular formula is C43H38N4. The van der Waals surface area contributed by atoms with Crippen LogP contribution in [-0.4, -0.2) is 19.9 Å². The fourth-order valence-corrected chi connectivity index (χ4v) is 6.91. The fourth-order valence-electron chi connectivity index (χ4n) is 6.91. The number of nitrogens with zero attached hydrogens (tertiary/aromatic N) is 4. The zero-order valence-corrected chi connectivity index (χ0v) is 26.8. The van der Waals surface area contributed by atoms with E-state index in [0.29, 0.717) is 17.5 Å². The molecule has 4 nitrogen and oxygen atoms in total. The Balaban J connectivity index is 1.28. The van der Waals surface area contributed by atoms with E-state index in [0.717, 1.165) is 51.9 Å². The largest absolute Gasteiger partial charge is 0.256 e. The lowest BCUT2D eigenvalue weighted by Crippen LogP contribution is -2.30. The van der Waals surface area contributed by atoms with Crippen LogP contribution in [0.25, 0.3) is 57.6 Å². The molecule has 47 heavy (non-hydrogen) atoms. The molecule has 230 valence electrons. The van der Waals surface area contributed by atoms with E-state index in [1.807, 2.05) is 67.7 Å². The van der Waals surface area contributed by atoms with Gasteiger partial charge in [-0.25, -0.2) is 15.0 Å². The van der Waals surface area contributed by atoms with E-state index in [2.05, 4.69) is 90.4 Å². The predicted molar refractivity (Wildman–Crippen MR) is 194 cm³/mol. The SMILES string of the molecule is C=Cc1ccc(-c2nc(-c3ccccc3)nc(-c3ccc(C4(c5ccc(-c6ccccn6)cc5)CCCCC4)cc3)n2)cc1/C=C\C. The first kappa shape index (κ1) is 30.2. The van der Waals surface area contributed by atoms with Crippen molar-refractivity contribution in [2.24, 2.45) is 0 Å². The minimum Gasteiger partial charge on any atom is -0.256 e. The van der Waals surface area contributed by atoms with Gasteiger partial charge in [0.25, 0.3) is 0 Å². The molecule has 1 saturated carbocycles. The lowest BCUT2D eigenvalue weighted by Gasteiger charge is -2.39. The number of benzene rings is 4. The van der Waals surface area contributed by atoms with Gasteiger partial charge in [0.05, 0.1) is 5.69 Å². The molecule has 2 aromatic heterocycles. The number of rotatable bonds is 8. The summed E-state index contributed by atoms with van der Waals surface area (Å²) >= 11 is 0. The van der Waals surface area contributed by atoms with Gasteiger partial charge in [-0.3, -0.25) is 4.98 Å². The summed E-state index contributed by atoms with van der Waals surface area (Å²) in [7, 11) is 0. The second-order valence-electron chi connectivity index (χ2n) is 12.2. The van der Waals surface area contributed by atoms with Crippen LogP contribution in [0.5, 0.6) is 0 Å². The van der Waals surface area contributed by atoms with E-state index in [4.69, 9.17) is 15.0 Å². The van der Waals surface area contributed by atoms with Crippen LogP contribution >= 0.6 is 0 Å². The van der Waals surface area contributed by atoms with Crippen LogP contribution in [-0.2, 0) is 5.41 Å². The minimum absolute atomic E-state index is 0.0189. The Hall–Kier alpha value is -5.48. The van der Waals surface area contributed by atoms with Crippen LogP contribution in [0.2, 0.25) is 0 Å². The topological polar surface area (TPSA) is 51.6 Å². The molecule has 0 unspecified atom stereocenters. The average Bonchev–Trinajstić information content (AvgIpc) is 3.16. The third-order valence-corrected chi connectivity index (χ3v) is 9.38. The minimum atomic E-state index is -0.0189. The molecule has 1 aliphatic carbocycles. The summed E-state index contributed by atoms with van der Waals surface area (Å²) in [5.74, 6) is 1.97. The van der Waals surface area contributed by atoms with Crippen molar-refractivity contribution in [3.05, 3.63) is 156 Å². The molecule has 0 bridgehead atoms. The van der Waals surface area contributed by atoms with Gasteiger partial charge in [-0.05, 0) is 60.2 Å². The van der Waals surface area contributed by atoms with E-state index in [9.17, 15) is 0 Å². The molecule has 4 aromatic carbocycles. The van der Waals surface area contributed by atoms with Gasteiger partial charge in [-0.1, -0.05) is 141 Å². The van der Waals surface area contributed by atoms with E-state index in [-0.39, 0.29) is 5.41 Å². The molecule has 0 radical (unpaired) electrons. The molecule has 7 rings (SSSR count). The van der Waals surface area contributed by atoms with Gasteiger partial charge in [0.15, 0.2) is 17.5 Å². The number of aromatic nitrogens is 4. The van der Waals surface area contributed by atoms with Gasteiger partial charge in [0.2, 0.25) is 0 Å². The first-order valence-corrected chi connectivity index (χ1v) is 16.5. The van der Waals surface area contributed by atoms with E-state index >= 15 is 0 Å². The highest BCUT2D eigenvalue weighted by molar-refractivity contribution is 5.73. The Morgan fingerprint density at radius 3 is 1.74 bits per heavy atom. The second kappa shape index (κ2) is 13.5. The van der Waals surface area contributed by atoms with Crippen LogP contribution in [0, 0.1) is 0 Å². The third-order valence-electron chi connectivity index (χ3n) is 9.38. The molecule has 4 heteroatoms. The van der Waals surface area contributed by atoms with Crippen LogP contribution in [0.1, 0.15) is 61.3 Å². The van der Waals surface area contributed by atoms with Crippen molar-refractivity contribution >= 4 is 12.2 Å². The Labute approximate surface area is 277 Å². The maximum absolute atomic E-state index is 5.03. The third kappa shape index (κ3) is 6.19. The maximum Gasteiger partial charge on any atom is 0.164 e. The van der Waals surface area contributed by atoms with Gasteiger partial charge >= 0.3 is 0 Å². The van der Waals surface area contributed by atoms with E-state index in [1.54, 1.807) is 0 Å². The first-order chi connectivity index (χ1) is 23.2. The highest BCUT2D eigenvalue weighted by atomic mass is 15.0. The Bertz CT molecular complexity index is 2010. The standard InChI is InChI=1S/C43H38N4/c1-3-13-35-30-36(18-17-31(35)4-2)42-46-40(33-14-7-5-8-15-33)45-41(47-42)34-21-25-38(26-22-34)43(27-10-6-11-28-43)37-23-19-32(20-24-37)39-16-9-12-29-44-39/h3-5,7-9,12-26,29-30H,2,6,10-11,27-28H2,1H3/b13-3-. The molecule has 0 aliphatic heterocycles. The molecular weight excluding hydrogens is 573 g/mol. The summed E-state index contributed by atoms with van der Waals surface area (Å²) in [5.41, 5.74) is 9.88. The quantitative estimate of drug-likeness (QED) is 0.172. The van der Waals surface area contributed by atoms with Crippen molar-refractivity contribution in [2.75, 3.05) is 0 Å². The van der Waals surface area contributed by atoms with Crippen LogP contribution in [0.4, 0.5) is 0 Å². The Kier molecular flexibility index (Phi) is 8.66. The molecule has 2 heterocycles. The van der Waals surface area contributed by atoms with Gasteiger partial charge in [0, 0.05) is 33.9 Å². The first-order valence-electron chi connectivity index (χ1n) is 16.5. The molecule has 0 saturated heterocycles. The Morgan fingerprint density at radius 1 is 0.574 bits per heavy atom. The highest BCUT2D eigenvalue weighted by Crippen LogP contribution is 2.45. The monoisotopic (exact) mass is 610 g/mol. The molecule has 1 aliphatic rings. The van der Waals surface area contributed by atoms with Crippen molar-refractivity contribution in [3.8, 4) is 45.4 Å². The van der Waals surface area contributed by atoms with Crippen LogP contribution in [0.3, 0.4) is 0 Å². The summed E-state index contributed by atoms with van der Waals surface area (Å²) < 4.78 is 0. The highest BCUT2D eigenvalue weighted by Gasteiger charge is 2.35. The second-order valence-corrected chi connectivity index (χ2v) is 12.2. The van der Waals surface area contributed by atoms with Crippen molar-refractivity contribution in [3.63, 3.8) is 0 Å². The summed E-state index contributed by atoms with van der Waals surface area (Å²) in [6, 6.07) is 40.5. The van der Waals surface area contributed by atoms with Crippen molar-refractivity contribution in [1.29, 1.82) is 0 Å². The van der Waals surface area contributed by atoms with Gasteiger partial charge in [-0.2, -0.15) is 0 Å². The van der Waals surface area contributed by atoms with Gasteiger partial charge in [0.1, 0.15) is 0 Å². The predicted octanol–water partition coefficient (Wildman–Crippen LogP) is 10.9. The normalized spacial score (nSPS) is 14.2. The van der Waals surface area contributed by atoms with Gasteiger partial charge in [-0.15, -0.1) is 0 Å². The zero-order chi connectivity index (χ0) is 32.1. The maximum atomic E-state index is 5.03. The van der Waals surface area contributed by atoms with Crippen LogP contribution < -0.4 is 0 Å². The summed E-state index contributed by atoms with van der Waals surface area (Å²) in [6.45, 7) is 6.01. The fraction of sp³-hybridized carbons (Fsp3) is 0.163. The number of hydrogen-bond acceptors (Lipinski definition) is 4. The average molecular weight is 611 g/mol. The summed E-state index contributed by atoms with van der Waals surface area (Å²) in [4.78, 5) is 19.5. The molecule has 6 aromatic rings. The zero-order valence-electron chi connectivity index (χ0n) is 26.8. The lowest BCUT2D eigenvalue weighted by molar-refractivity contribution is 0.346. The van der Waals surface area contributed by atoms with E-state index in [1.165, 1.54) is 30.4 Å². The number of allylic oxidation sites excluding steroid dienone is 1. The molecule has 0 amide bonds. The molecule has 0 atom stereocenters. The van der Waals surface area contributed by atoms with Crippen molar-refractivity contribution in [2.45, 2.75) is 44.4 Å². The smallest absolute Gasteiger partial charge is 0.164 e. The lowest BCUT2D eigenvalue weighted by atomic mass is 9.65. The number of pyridine rings is 1. The van der Waals surface area contributed by atoms with Crippen LogP contribution in [0.15, 0.2) is 134 Å². The summed E-state index contributed by atoms with van der Waals surface area (Å²) in [5, 5.41) is 0.